The molecule has 1 aromatic heterocycles. The predicted molar refractivity (Wildman–Crippen MR) is 153 cm³/mol. The summed E-state index contributed by atoms with van der Waals surface area (Å²) >= 11 is 12.3. The van der Waals surface area contributed by atoms with Crippen molar-refractivity contribution in [2.75, 3.05) is 19.6 Å². The number of anilines is 1. The summed E-state index contributed by atoms with van der Waals surface area (Å²) < 4.78 is 50.9. The Morgan fingerprint density at radius 1 is 1.12 bits per heavy atom. The van der Waals surface area contributed by atoms with E-state index in [1.54, 1.807) is 36.4 Å². The number of imide groups is 1. The van der Waals surface area contributed by atoms with Crippen molar-refractivity contribution in [1.82, 2.24) is 9.99 Å². The number of carbonyl (C=O) groups is 2. The summed E-state index contributed by atoms with van der Waals surface area (Å²) in [5.41, 5.74) is 1.16. The Kier molecular flexibility index (Phi) is 7.82. The van der Waals surface area contributed by atoms with Gasteiger partial charge in [-0.25, -0.2) is 4.98 Å². The summed E-state index contributed by atoms with van der Waals surface area (Å²) in [7, 11) is 2.77. The molecule has 43 heavy (non-hydrogen) atoms. The number of hydrazine groups is 1. The van der Waals surface area contributed by atoms with Gasteiger partial charge in [0.2, 0.25) is 0 Å². The number of carbonyl (C=O) groups excluding carboxylic acids is 2. The van der Waals surface area contributed by atoms with E-state index in [4.69, 9.17) is 32.7 Å². The van der Waals surface area contributed by atoms with E-state index in [2.05, 4.69) is 17.0 Å². The summed E-state index contributed by atoms with van der Waals surface area (Å²) in [5.74, 6) is -3.49. The first-order chi connectivity index (χ1) is 20.4. The highest BCUT2D eigenvalue weighted by atomic mass is 35.5. The highest BCUT2D eigenvalue weighted by molar-refractivity contribution is 6.33. The van der Waals surface area contributed by atoms with Crippen LogP contribution < -0.4 is 14.9 Å². The van der Waals surface area contributed by atoms with Crippen molar-refractivity contribution in [2.45, 2.75) is 23.9 Å². The van der Waals surface area contributed by atoms with Gasteiger partial charge in [-0.15, -0.1) is 0 Å². The molecule has 0 spiro atoms. The summed E-state index contributed by atoms with van der Waals surface area (Å²) in [4.78, 5) is 32.6. The standard InChI is InChI=1S/C30H24Cl2F3N3O5/c1-4-15-5-10-20-27(40)38(37-26-21(32)11-17(14-36-26)30(33,34)35)28(41)29(20,16-6-8-18(31)9-7-16)25(15)24-22(42-2)12-19(39)13-23(24)43-3/h4-9,11-14,20,25,39H,1,10H2,2-3H3,(H,36,37)/t20-,25+,29+/m0/s1. The number of ether oxygens (including phenoxy) is 2. The molecule has 8 nitrogen and oxygen atoms in total. The maximum absolute atomic E-state index is 14.8. The first kappa shape index (κ1) is 30.2. The molecule has 1 fully saturated rings. The number of halogens is 5. The van der Waals surface area contributed by atoms with Gasteiger partial charge in [0.1, 0.15) is 17.2 Å². The average molecular weight is 634 g/mol. The van der Waals surface area contributed by atoms with Gasteiger partial charge in [-0.3, -0.25) is 15.0 Å². The topological polar surface area (TPSA) is 101 Å². The third-order valence-corrected chi connectivity index (χ3v) is 8.30. The van der Waals surface area contributed by atoms with Crippen LogP contribution in [0.3, 0.4) is 0 Å². The summed E-state index contributed by atoms with van der Waals surface area (Å²) in [6, 6.07) is 9.80. The molecule has 1 aliphatic carbocycles. The first-order valence-electron chi connectivity index (χ1n) is 12.8. The van der Waals surface area contributed by atoms with Gasteiger partial charge in [0.15, 0.2) is 5.82 Å². The molecule has 2 aromatic carbocycles. The van der Waals surface area contributed by atoms with Crippen LogP contribution in [0.15, 0.2) is 73.0 Å². The summed E-state index contributed by atoms with van der Waals surface area (Å²) in [6.07, 6.45) is -0.704. The Morgan fingerprint density at radius 2 is 1.74 bits per heavy atom. The largest absolute Gasteiger partial charge is 0.508 e. The molecular formula is C30H24Cl2F3N3O5. The molecule has 5 rings (SSSR count). The maximum atomic E-state index is 14.8. The molecular weight excluding hydrogens is 610 g/mol. The Morgan fingerprint density at radius 3 is 2.28 bits per heavy atom. The second-order valence-corrected chi connectivity index (χ2v) is 10.8. The van der Waals surface area contributed by atoms with Crippen molar-refractivity contribution in [2.24, 2.45) is 5.92 Å². The van der Waals surface area contributed by atoms with Gasteiger partial charge in [-0.05, 0) is 35.8 Å². The van der Waals surface area contributed by atoms with Crippen LogP contribution in [-0.2, 0) is 21.2 Å². The molecule has 0 saturated carbocycles. The highest BCUT2D eigenvalue weighted by Crippen LogP contribution is 2.60. The van der Waals surface area contributed by atoms with Gasteiger partial charge >= 0.3 is 6.18 Å². The van der Waals surface area contributed by atoms with Crippen LogP contribution in [0.1, 0.15) is 29.0 Å². The number of phenols is 1. The van der Waals surface area contributed by atoms with Crippen LogP contribution in [0.5, 0.6) is 17.2 Å². The van der Waals surface area contributed by atoms with Crippen molar-refractivity contribution in [3.63, 3.8) is 0 Å². The van der Waals surface area contributed by atoms with E-state index in [-0.39, 0.29) is 29.5 Å². The van der Waals surface area contributed by atoms with Crippen LogP contribution in [0.2, 0.25) is 10.0 Å². The zero-order chi connectivity index (χ0) is 31.3. The van der Waals surface area contributed by atoms with Crippen molar-refractivity contribution in [3.8, 4) is 17.2 Å². The van der Waals surface area contributed by atoms with E-state index in [0.29, 0.717) is 34.0 Å². The molecule has 1 aliphatic heterocycles. The van der Waals surface area contributed by atoms with Crippen molar-refractivity contribution in [1.29, 1.82) is 0 Å². The smallest absolute Gasteiger partial charge is 0.417 e. The van der Waals surface area contributed by atoms with E-state index in [0.717, 1.165) is 5.01 Å². The van der Waals surface area contributed by atoms with E-state index >= 15 is 0 Å². The molecule has 0 unspecified atom stereocenters. The number of amides is 2. The number of methoxy groups -OCH3 is 2. The number of aromatic hydroxyl groups is 1. The molecule has 13 heteroatoms. The third kappa shape index (κ3) is 4.86. The lowest BCUT2D eigenvalue weighted by Gasteiger charge is -2.43. The van der Waals surface area contributed by atoms with Gasteiger partial charge < -0.3 is 14.6 Å². The number of aromatic nitrogens is 1. The van der Waals surface area contributed by atoms with Crippen molar-refractivity contribution in [3.05, 3.63) is 99.7 Å². The molecule has 2 heterocycles. The molecule has 3 aromatic rings. The maximum Gasteiger partial charge on any atom is 0.417 e. The van der Waals surface area contributed by atoms with Crippen molar-refractivity contribution >= 4 is 40.8 Å². The number of nitrogens with one attached hydrogen (secondary N) is 1. The number of nitrogens with zero attached hydrogens (tertiary/aromatic N) is 2. The number of alkyl halides is 3. The lowest BCUT2D eigenvalue weighted by molar-refractivity contribution is -0.139. The molecule has 3 atom stereocenters. The van der Waals surface area contributed by atoms with E-state index < -0.39 is 45.8 Å². The minimum Gasteiger partial charge on any atom is -0.508 e. The normalized spacial score (nSPS) is 21.7. The molecule has 0 radical (unpaired) electrons. The Labute approximate surface area is 254 Å². The number of allylic oxidation sites excluding steroid dienone is 3. The number of fused-ring (bicyclic) bond motifs is 1. The van der Waals surface area contributed by atoms with Gasteiger partial charge in [0.25, 0.3) is 11.8 Å². The summed E-state index contributed by atoms with van der Waals surface area (Å²) in [6.45, 7) is 3.95. The molecule has 224 valence electrons. The Bertz CT molecular complexity index is 1640. The van der Waals surface area contributed by atoms with Crippen molar-refractivity contribution < 1.29 is 37.3 Å². The van der Waals surface area contributed by atoms with Crippen LogP contribution >= 0.6 is 23.2 Å². The summed E-state index contributed by atoms with van der Waals surface area (Å²) in [5, 5.41) is 11.0. The zero-order valence-corrected chi connectivity index (χ0v) is 24.2. The number of pyridine rings is 1. The molecule has 2 N–H and O–H groups in total. The fourth-order valence-corrected chi connectivity index (χ4v) is 6.27. The van der Waals surface area contributed by atoms with E-state index in [1.165, 1.54) is 26.4 Å². The second-order valence-electron chi connectivity index (χ2n) is 9.91. The van der Waals surface area contributed by atoms with Gasteiger partial charge in [0.05, 0.1) is 36.1 Å². The van der Waals surface area contributed by atoms with Gasteiger partial charge in [-0.1, -0.05) is 54.1 Å². The third-order valence-electron chi connectivity index (χ3n) is 7.76. The minimum atomic E-state index is -4.70. The van der Waals surface area contributed by atoms with Crippen LogP contribution in [0, 0.1) is 5.92 Å². The minimum absolute atomic E-state index is 0.111. The molecule has 2 amide bonds. The highest BCUT2D eigenvalue weighted by Gasteiger charge is 2.66. The van der Waals surface area contributed by atoms with Crippen LogP contribution in [0.25, 0.3) is 0 Å². The first-order valence-corrected chi connectivity index (χ1v) is 13.5. The van der Waals surface area contributed by atoms with E-state index in [1.807, 2.05) is 0 Å². The molecule has 2 aliphatic rings. The molecule has 1 saturated heterocycles. The molecule has 0 bridgehead atoms. The quantitative estimate of drug-likeness (QED) is 0.280. The number of phenolic OH excluding ortho intramolecular Hbond substituents is 1. The fourth-order valence-electron chi connectivity index (χ4n) is 5.94. The van der Waals surface area contributed by atoms with Gasteiger partial charge in [0, 0.05) is 34.8 Å². The number of hydrogen-bond acceptors (Lipinski definition) is 7. The fraction of sp³-hybridized carbons (Fsp3) is 0.233. The van der Waals surface area contributed by atoms with Gasteiger partial charge in [-0.2, -0.15) is 18.2 Å². The number of hydrogen-bond donors (Lipinski definition) is 2. The average Bonchev–Trinajstić information content (AvgIpc) is 3.19. The number of rotatable bonds is 7. The predicted octanol–water partition coefficient (Wildman–Crippen LogP) is 6.68. The Hall–Kier alpha value is -4.22. The monoisotopic (exact) mass is 633 g/mol. The lowest BCUT2D eigenvalue weighted by Crippen LogP contribution is -2.49. The Balaban J connectivity index is 1.75. The zero-order valence-electron chi connectivity index (χ0n) is 22.7. The van der Waals surface area contributed by atoms with E-state index in [9.17, 15) is 27.9 Å². The number of benzene rings is 2. The van der Waals surface area contributed by atoms with Crippen LogP contribution in [-0.4, -0.2) is 41.1 Å². The second kappa shape index (κ2) is 11.1. The van der Waals surface area contributed by atoms with Crippen LogP contribution in [0.4, 0.5) is 19.0 Å². The SMILES string of the molecule is C=CC1=CC[C@H]2C(=O)N(Nc3ncc(C(F)(F)F)cc3Cl)C(=O)[C@@]2(c2ccc(Cl)cc2)[C@H]1c1c(OC)cc(O)cc1OC. The lowest BCUT2D eigenvalue weighted by atomic mass is 9.55.